The molecule has 150 valence electrons. The molecule has 0 spiro atoms. The highest BCUT2D eigenvalue weighted by Crippen LogP contribution is 2.30. The SMILES string of the molecule is CCc1ccc(C(=O)c2sc(Nc3ccc(Cc4ccccc4)cc3)nc2N)cc1. The number of hydrogen-bond donors (Lipinski definition) is 2. The molecule has 1 aromatic heterocycles. The van der Waals surface area contributed by atoms with E-state index in [-0.39, 0.29) is 11.6 Å². The normalized spacial score (nSPS) is 10.7. The Labute approximate surface area is 180 Å². The highest BCUT2D eigenvalue weighted by Gasteiger charge is 2.18. The van der Waals surface area contributed by atoms with Crippen molar-refractivity contribution in [1.82, 2.24) is 4.98 Å². The molecule has 0 atom stereocenters. The van der Waals surface area contributed by atoms with Crippen molar-refractivity contribution in [3.63, 3.8) is 0 Å². The van der Waals surface area contributed by atoms with Crippen molar-refractivity contribution in [2.24, 2.45) is 0 Å². The smallest absolute Gasteiger partial charge is 0.206 e. The number of rotatable bonds is 7. The van der Waals surface area contributed by atoms with E-state index in [0.29, 0.717) is 15.6 Å². The fraction of sp³-hybridized carbons (Fsp3) is 0.120. The summed E-state index contributed by atoms with van der Waals surface area (Å²) in [6.07, 6.45) is 1.83. The predicted molar refractivity (Wildman–Crippen MR) is 125 cm³/mol. The third kappa shape index (κ3) is 4.58. The molecule has 0 bridgehead atoms. The fourth-order valence-corrected chi connectivity index (χ4v) is 4.10. The minimum absolute atomic E-state index is 0.0982. The zero-order chi connectivity index (χ0) is 20.9. The number of benzene rings is 3. The van der Waals surface area contributed by atoms with Crippen LogP contribution in [0.1, 0.15) is 38.8 Å². The van der Waals surface area contributed by atoms with Crippen molar-refractivity contribution in [3.8, 4) is 0 Å². The zero-order valence-electron chi connectivity index (χ0n) is 16.8. The number of nitrogens with one attached hydrogen (secondary N) is 1. The Morgan fingerprint density at radius 2 is 1.53 bits per heavy atom. The number of thiazole rings is 1. The Morgan fingerprint density at radius 3 is 2.20 bits per heavy atom. The Morgan fingerprint density at radius 1 is 0.900 bits per heavy atom. The van der Waals surface area contributed by atoms with Crippen molar-refractivity contribution in [1.29, 1.82) is 0 Å². The number of hydrogen-bond acceptors (Lipinski definition) is 5. The summed E-state index contributed by atoms with van der Waals surface area (Å²) in [5.41, 5.74) is 11.3. The lowest BCUT2D eigenvalue weighted by Crippen LogP contribution is -2.02. The molecule has 0 aliphatic carbocycles. The molecule has 0 unspecified atom stereocenters. The average Bonchev–Trinajstić information content (AvgIpc) is 3.15. The van der Waals surface area contributed by atoms with Gasteiger partial charge in [0, 0.05) is 11.3 Å². The molecular formula is C25H23N3OS. The molecule has 4 rings (SSSR count). The van der Waals surface area contributed by atoms with Crippen LogP contribution < -0.4 is 11.1 Å². The Hall–Kier alpha value is -3.44. The number of nitrogen functional groups attached to an aromatic ring is 1. The van der Waals surface area contributed by atoms with Gasteiger partial charge in [0.05, 0.1) is 0 Å². The minimum Gasteiger partial charge on any atom is -0.382 e. The number of aryl methyl sites for hydroxylation is 1. The molecule has 30 heavy (non-hydrogen) atoms. The lowest BCUT2D eigenvalue weighted by molar-refractivity contribution is 0.104. The quantitative estimate of drug-likeness (QED) is 0.373. The van der Waals surface area contributed by atoms with Crippen LogP contribution in [-0.4, -0.2) is 10.8 Å². The maximum Gasteiger partial charge on any atom is 0.206 e. The van der Waals surface area contributed by atoms with Gasteiger partial charge in [0.1, 0.15) is 10.7 Å². The third-order valence-electron chi connectivity index (χ3n) is 4.94. The highest BCUT2D eigenvalue weighted by molar-refractivity contribution is 7.18. The minimum atomic E-state index is -0.0982. The molecule has 0 saturated heterocycles. The molecule has 3 N–H and O–H groups in total. The average molecular weight is 414 g/mol. The van der Waals surface area contributed by atoms with E-state index in [1.54, 1.807) is 0 Å². The second-order valence-electron chi connectivity index (χ2n) is 7.10. The van der Waals surface area contributed by atoms with E-state index in [2.05, 4.69) is 53.6 Å². The van der Waals surface area contributed by atoms with Gasteiger partial charge < -0.3 is 11.1 Å². The molecule has 0 fully saturated rings. The number of carbonyl (C=O) groups is 1. The zero-order valence-corrected chi connectivity index (χ0v) is 17.6. The molecule has 1 heterocycles. The van der Waals surface area contributed by atoms with Crippen LogP contribution in [0.15, 0.2) is 78.9 Å². The first-order valence-electron chi connectivity index (χ1n) is 9.92. The summed E-state index contributed by atoms with van der Waals surface area (Å²) in [6.45, 7) is 2.09. The molecule has 0 amide bonds. The van der Waals surface area contributed by atoms with Crippen LogP contribution in [0.4, 0.5) is 16.6 Å². The molecule has 0 aliphatic rings. The Bertz CT molecular complexity index is 1130. The molecular weight excluding hydrogens is 390 g/mol. The van der Waals surface area contributed by atoms with Gasteiger partial charge in [0.2, 0.25) is 5.78 Å². The molecule has 5 heteroatoms. The van der Waals surface area contributed by atoms with Crippen molar-refractivity contribution in [2.75, 3.05) is 11.1 Å². The standard InChI is InChI=1S/C25H23N3OS/c1-2-17-8-12-20(13-9-17)22(29)23-24(26)28-25(30-23)27-21-14-10-19(11-15-21)16-18-6-4-3-5-7-18/h3-15H,2,16,26H2,1H3,(H,27,28). The van der Waals surface area contributed by atoms with E-state index in [4.69, 9.17) is 5.73 Å². The van der Waals surface area contributed by atoms with E-state index in [9.17, 15) is 4.79 Å². The summed E-state index contributed by atoms with van der Waals surface area (Å²) in [5.74, 6) is 0.159. The van der Waals surface area contributed by atoms with E-state index in [1.807, 2.05) is 42.5 Å². The van der Waals surface area contributed by atoms with Crippen LogP contribution in [0, 0.1) is 0 Å². The number of nitrogens with two attached hydrogens (primary N) is 1. The topological polar surface area (TPSA) is 68.0 Å². The molecule has 4 nitrogen and oxygen atoms in total. The maximum atomic E-state index is 12.8. The van der Waals surface area contributed by atoms with E-state index in [0.717, 1.165) is 18.5 Å². The fourth-order valence-electron chi connectivity index (χ4n) is 3.23. The number of carbonyl (C=O) groups excluding carboxylic acids is 1. The summed E-state index contributed by atoms with van der Waals surface area (Å²) < 4.78 is 0. The third-order valence-corrected chi connectivity index (χ3v) is 5.93. The first kappa shape index (κ1) is 19.9. The van der Waals surface area contributed by atoms with Crippen LogP contribution in [0.5, 0.6) is 0 Å². The second kappa shape index (κ2) is 8.93. The second-order valence-corrected chi connectivity index (χ2v) is 8.10. The first-order chi connectivity index (χ1) is 14.6. The molecule has 0 saturated carbocycles. The highest BCUT2D eigenvalue weighted by atomic mass is 32.1. The summed E-state index contributed by atoms with van der Waals surface area (Å²) in [4.78, 5) is 17.6. The summed E-state index contributed by atoms with van der Waals surface area (Å²) in [7, 11) is 0. The van der Waals surface area contributed by atoms with Crippen LogP contribution >= 0.6 is 11.3 Å². The van der Waals surface area contributed by atoms with Crippen LogP contribution in [0.2, 0.25) is 0 Å². The van der Waals surface area contributed by atoms with Gasteiger partial charge in [-0.05, 0) is 41.7 Å². The summed E-state index contributed by atoms with van der Waals surface area (Å²) in [5, 5.41) is 3.86. The van der Waals surface area contributed by atoms with E-state index in [1.165, 1.54) is 28.0 Å². The Balaban J connectivity index is 1.46. The van der Waals surface area contributed by atoms with E-state index >= 15 is 0 Å². The summed E-state index contributed by atoms with van der Waals surface area (Å²) >= 11 is 1.28. The van der Waals surface area contributed by atoms with Gasteiger partial charge in [0.25, 0.3) is 0 Å². The summed E-state index contributed by atoms with van der Waals surface area (Å²) in [6, 6.07) is 26.2. The molecule has 3 aromatic carbocycles. The van der Waals surface area contributed by atoms with Gasteiger partial charge in [-0.2, -0.15) is 0 Å². The van der Waals surface area contributed by atoms with Gasteiger partial charge in [-0.25, -0.2) is 4.98 Å². The van der Waals surface area contributed by atoms with Gasteiger partial charge in [0.15, 0.2) is 5.13 Å². The van der Waals surface area contributed by atoms with Gasteiger partial charge in [-0.1, -0.05) is 85.0 Å². The van der Waals surface area contributed by atoms with Crippen LogP contribution in [-0.2, 0) is 12.8 Å². The van der Waals surface area contributed by atoms with Gasteiger partial charge >= 0.3 is 0 Å². The lowest BCUT2D eigenvalue weighted by atomic mass is 10.1. The monoisotopic (exact) mass is 413 g/mol. The number of ketones is 1. The largest absolute Gasteiger partial charge is 0.382 e. The number of aromatic nitrogens is 1. The molecule has 0 aliphatic heterocycles. The number of anilines is 3. The van der Waals surface area contributed by atoms with Gasteiger partial charge in [-0.3, -0.25) is 4.79 Å². The van der Waals surface area contributed by atoms with Crippen molar-refractivity contribution in [2.45, 2.75) is 19.8 Å². The van der Waals surface area contributed by atoms with Crippen LogP contribution in [0.25, 0.3) is 0 Å². The first-order valence-corrected chi connectivity index (χ1v) is 10.7. The predicted octanol–water partition coefficient (Wildman–Crippen LogP) is 5.85. The van der Waals surface area contributed by atoms with Crippen molar-refractivity contribution in [3.05, 3.63) is 106 Å². The lowest BCUT2D eigenvalue weighted by Gasteiger charge is -2.05. The molecule has 0 radical (unpaired) electrons. The van der Waals surface area contributed by atoms with Crippen LogP contribution in [0.3, 0.4) is 0 Å². The number of nitrogens with zero attached hydrogens (tertiary/aromatic N) is 1. The van der Waals surface area contributed by atoms with Crippen molar-refractivity contribution < 1.29 is 4.79 Å². The van der Waals surface area contributed by atoms with E-state index < -0.39 is 0 Å². The van der Waals surface area contributed by atoms with Crippen molar-refractivity contribution >= 4 is 33.8 Å². The Kier molecular flexibility index (Phi) is 5.91. The molecule has 4 aromatic rings. The van der Waals surface area contributed by atoms with Gasteiger partial charge in [-0.15, -0.1) is 0 Å². The maximum absolute atomic E-state index is 12.8.